The third kappa shape index (κ3) is 2.80. The Kier molecular flexibility index (Phi) is 4.37. The van der Waals surface area contributed by atoms with Gasteiger partial charge in [0.05, 0.1) is 10.9 Å². The highest BCUT2D eigenvalue weighted by molar-refractivity contribution is 7.93. The summed E-state index contributed by atoms with van der Waals surface area (Å²) >= 11 is 0. The van der Waals surface area contributed by atoms with Crippen LogP contribution >= 0.6 is 0 Å². The van der Waals surface area contributed by atoms with Gasteiger partial charge < -0.3 is 14.9 Å². The second-order valence-electron chi connectivity index (χ2n) is 7.49. The number of Topliss-reactive ketones (excluding diaryl/α,β-unsaturated/α-hetero) is 1. The molecule has 26 heavy (non-hydrogen) atoms. The van der Waals surface area contributed by atoms with Gasteiger partial charge in [-0.05, 0) is 32.9 Å². The molecule has 2 aliphatic heterocycles. The quantitative estimate of drug-likeness (QED) is 0.744. The summed E-state index contributed by atoms with van der Waals surface area (Å²) in [5.74, 6) is -0.817. The summed E-state index contributed by atoms with van der Waals surface area (Å²) in [4.78, 5) is 26.0. The number of rotatable bonds is 2. The second-order valence-corrected chi connectivity index (χ2v) is 9.55. The minimum absolute atomic E-state index is 0.0864. The fraction of sp³-hybridized carbons (Fsp3) is 0.529. The highest BCUT2D eigenvalue weighted by Crippen LogP contribution is 2.41. The van der Waals surface area contributed by atoms with Gasteiger partial charge in [-0.1, -0.05) is 18.2 Å². The third-order valence-corrected chi connectivity index (χ3v) is 6.65. The lowest BCUT2D eigenvalue weighted by Crippen LogP contribution is -2.53. The molecule has 2 aliphatic rings. The molecule has 0 aromatic heterocycles. The fourth-order valence-electron chi connectivity index (χ4n) is 3.51. The standard InChI is InChI=1S/C17H21NO7S/c1-17(2,3)25-16(22)18-10-12(19)13(20)11(18)15(14(10)21)26(23,24)9-7-5-4-6-8-9/h4-8,10-13,15,19-20H,1-3H3/t10-,11+,12+,13-,15+/m1/s1. The van der Waals surface area contributed by atoms with Crippen LogP contribution in [0.2, 0.25) is 0 Å². The van der Waals surface area contributed by atoms with E-state index < -0.39 is 56.9 Å². The van der Waals surface area contributed by atoms with Gasteiger partial charge in [0, 0.05) is 0 Å². The van der Waals surface area contributed by atoms with Crippen molar-refractivity contribution in [3.8, 4) is 0 Å². The zero-order chi connectivity index (χ0) is 19.4. The van der Waals surface area contributed by atoms with Gasteiger partial charge in [-0.25, -0.2) is 13.2 Å². The third-order valence-electron chi connectivity index (χ3n) is 4.54. The molecule has 2 fully saturated rings. The summed E-state index contributed by atoms with van der Waals surface area (Å²) in [5, 5.41) is 18.8. The number of aliphatic hydroxyl groups is 2. The summed E-state index contributed by atoms with van der Waals surface area (Å²) in [6.45, 7) is 4.86. The summed E-state index contributed by atoms with van der Waals surface area (Å²) in [6, 6.07) is 4.50. The van der Waals surface area contributed by atoms with Crippen LogP contribution in [0, 0.1) is 0 Å². The van der Waals surface area contributed by atoms with Crippen LogP contribution in [0.15, 0.2) is 35.2 Å². The molecule has 8 nitrogen and oxygen atoms in total. The average molecular weight is 383 g/mol. The maximum absolute atomic E-state index is 12.9. The highest BCUT2D eigenvalue weighted by Gasteiger charge is 2.68. The smallest absolute Gasteiger partial charge is 0.411 e. The molecule has 142 valence electrons. The monoisotopic (exact) mass is 383 g/mol. The number of amides is 1. The van der Waals surface area contributed by atoms with Gasteiger partial charge >= 0.3 is 6.09 Å². The molecule has 1 aromatic rings. The van der Waals surface area contributed by atoms with E-state index in [1.54, 1.807) is 26.8 Å². The predicted octanol–water partition coefficient (Wildman–Crippen LogP) is 0.121. The number of hydrogen-bond donors (Lipinski definition) is 2. The minimum Gasteiger partial charge on any atom is -0.444 e. The number of nitrogens with zero attached hydrogens (tertiary/aromatic N) is 1. The first-order valence-electron chi connectivity index (χ1n) is 8.17. The van der Waals surface area contributed by atoms with Crippen molar-refractivity contribution < 1.29 is 33.0 Å². The van der Waals surface area contributed by atoms with Crippen molar-refractivity contribution in [1.29, 1.82) is 0 Å². The van der Waals surface area contributed by atoms with Crippen molar-refractivity contribution >= 4 is 21.7 Å². The molecule has 1 aromatic carbocycles. The van der Waals surface area contributed by atoms with E-state index in [1.807, 2.05) is 0 Å². The van der Waals surface area contributed by atoms with E-state index in [1.165, 1.54) is 24.3 Å². The molecule has 2 heterocycles. The van der Waals surface area contributed by atoms with Crippen molar-refractivity contribution in [2.24, 2.45) is 0 Å². The Morgan fingerprint density at radius 2 is 1.69 bits per heavy atom. The molecule has 3 rings (SSSR count). The zero-order valence-corrected chi connectivity index (χ0v) is 15.4. The Hall–Kier alpha value is -1.97. The molecular formula is C17H21NO7S. The Balaban J connectivity index is 2.03. The van der Waals surface area contributed by atoms with Gasteiger partial charge in [-0.3, -0.25) is 9.69 Å². The van der Waals surface area contributed by atoms with Gasteiger partial charge in [0.2, 0.25) is 0 Å². The summed E-state index contributed by atoms with van der Waals surface area (Å²) < 4.78 is 31.1. The second kappa shape index (κ2) is 6.04. The van der Waals surface area contributed by atoms with E-state index in [4.69, 9.17) is 4.74 Å². The predicted molar refractivity (Wildman–Crippen MR) is 90.1 cm³/mol. The van der Waals surface area contributed by atoms with Crippen molar-refractivity contribution in [3.63, 3.8) is 0 Å². The van der Waals surface area contributed by atoms with Crippen LogP contribution in [0.4, 0.5) is 4.79 Å². The van der Waals surface area contributed by atoms with E-state index in [2.05, 4.69) is 0 Å². The molecular weight excluding hydrogens is 362 g/mol. The maximum atomic E-state index is 12.9. The summed E-state index contributed by atoms with van der Waals surface area (Å²) in [6.07, 6.45) is -4.06. The number of carbonyl (C=O) groups excluding carboxylic acids is 2. The van der Waals surface area contributed by atoms with Crippen LogP contribution < -0.4 is 0 Å². The van der Waals surface area contributed by atoms with Gasteiger partial charge in [-0.2, -0.15) is 0 Å². The van der Waals surface area contributed by atoms with Crippen LogP contribution in [0.25, 0.3) is 0 Å². The lowest BCUT2D eigenvalue weighted by molar-refractivity contribution is -0.125. The van der Waals surface area contributed by atoms with Crippen molar-refractivity contribution in [3.05, 3.63) is 30.3 Å². The number of aliphatic hydroxyl groups excluding tert-OH is 2. The topological polar surface area (TPSA) is 121 Å². The van der Waals surface area contributed by atoms with Gasteiger partial charge in [0.25, 0.3) is 0 Å². The van der Waals surface area contributed by atoms with Crippen LogP contribution in [0.5, 0.6) is 0 Å². The van der Waals surface area contributed by atoms with E-state index in [0.29, 0.717) is 0 Å². The minimum atomic E-state index is -4.16. The highest BCUT2D eigenvalue weighted by atomic mass is 32.2. The Morgan fingerprint density at radius 3 is 2.23 bits per heavy atom. The summed E-state index contributed by atoms with van der Waals surface area (Å²) in [5.41, 5.74) is -0.883. The van der Waals surface area contributed by atoms with E-state index in [9.17, 15) is 28.2 Å². The van der Waals surface area contributed by atoms with Gasteiger partial charge in [-0.15, -0.1) is 0 Å². The zero-order valence-electron chi connectivity index (χ0n) is 14.6. The molecule has 0 saturated carbocycles. The number of ketones is 1. The number of sulfone groups is 1. The van der Waals surface area contributed by atoms with Crippen molar-refractivity contribution in [1.82, 2.24) is 4.90 Å². The van der Waals surface area contributed by atoms with Crippen LogP contribution in [-0.4, -0.2) is 70.5 Å². The Bertz CT molecular complexity index is 830. The largest absolute Gasteiger partial charge is 0.444 e. The number of ether oxygens (including phenoxy) is 1. The first-order chi connectivity index (χ1) is 12.0. The molecule has 2 bridgehead atoms. The number of fused-ring (bicyclic) bond motifs is 2. The first-order valence-corrected chi connectivity index (χ1v) is 9.71. The molecule has 9 heteroatoms. The first kappa shape index (κ1) is 18.8. The van der Waals surface area contributed by atoms with E-state index in [0.717, 1.165) is 4.90 Å². The lowest BCUT2D eigenvalue weighted by atomic mass is 9.93. The van der Waals surface area contributed by atoms with E-state index >= 15 is 0 Å². The number of hydrogen-bond acceptors (Lipinski definition) is 7. The van der Waals surface area contributed by atoms with Gasteiger partial charge in [0.15, 0.2) is 15.6 Å². The molecule has 0 spiro atoms. The van der Waals surface area contributed by atoms with E-state index in [-0.39, 0.29) is 4.90 Å². The average Bonchev–Trinajstić information content (AvgIpc) is 2.98. The lowest BCUT2D eigenvalue weighted by Gasteiger charge is -2.28. The molecule has 2 N–H and O–H groups in total. The molecule has 2 saturated heterocycles. The van der Waals surface area contributed by atoms with Gasteiger partial charge in [0.1, 0.15) is 29.1 Å². The fourth-order valence-corrected chi connectivity index (χ4v) is 5.45. The van der Waals surface area contributed by atoms with Crippen LogP contribution in [-0.2, 0) is 19.4 Å². The summed E-state index contributed by atoms with van der Waals surface area (Å²) in [7, 11) is -4.16. The molecule has 0 radical (unpaired) electrons. The number of benzene rings is 1. The molecule has 0 unspecified atom stereocenters. The normalized spacial score (nSPS) is 31.3. The molecule has 0 aliphatic carbocycles. The van der Waals surface area contributed by atoms with Crippen molar-refractivity contribution in [2.75, 3.05) is 0 Å². The maximum Gasteiger partial charge on any atom is 0.411 e. The Labute approximate surface area is 151 Å². The van der Waals surface area contributed by atoms with Crippen LogP contribution in [0.1, 0.15) is 20.8 Å². The molecule has 5 atom stereocenters. The Morgan fingerprint density at radius 1 is 1.12 bits per heavy atom. The van der Waals surface area contributed by atoms with Crippen molar-refractivity contribution in [2.45, 2.75) is 60.8 Å². The molecule has 1 amide bonds. The SMILES string of the molecule is CC(C)(C)OC(=O)N1[C@H]2[C@@H](O)[C@@H](O)[C@@H]1C(=O)[C@H]2S(=O)(=O)c1ccccc1. The number of carbonyl (C=O) groups is 2. The van der Waals surface area contributed by atoms with Crippen LogP contribution in [0.3, 0.4) is 0 Å².